The molecule has 0 saturated heterocycles. The number of esters is 1. The van der Waals surface area contributed by atoms with Gasteiger partial charge >= 0.3 is 5.97 Å². The number of likely N-dealkylation sites (N-methyl/N-ethyl adjacent to an activating group) is 1. The summed E-state index contributed by atoms with van der Waals surface area (Å²) in [7, 11) is -0.0427. The summed E-state index contributed by atoms with van der Waals surface area (Å²) in [5, 5.41) is 4.04. The number of hydrogen-bond acceptors (Lipinski definition) is 8. The Morgan fingerprint density at radius 2 is 1.78 bits per heavy atom. The number of benzene rings is 2. The van der Waals surface area contributed by atoms with Crippen molar-refractivity contribution in [3.63, 3.8) is 0 Å². The summed E-state index contributed by atoms with van der Waals surface area (Å²) in [6, 6.07) is 12.3. The van der Waals surface area contributed by atoms with Gasteiger partial charge < -0.3 is 15.0 Å². The van der Waals surface area contributed by atoms with Crippen LogP contribution in [0, 0.1) is 13.8 Å². The molecule has 4 aromatic rings. The van der Waals surface area contributed by atoms with E-state index in [0.717, 1.165) is 45.8 Å². The topological polar surface area (TPSA) is 110 Å². The highest BCUT2D eigenvalue weighted by atomic mass is 32.2. The molecule has 0 unspecified atom stereocenters. The average molecular weight is 579 g/mol. The first kappa shape index (κ1) is 30.0. The van der Waals surface area contributed by atoms with Crippen LogP contribution in [0.1, 0.15) is 30.9 Å². The number of hydrogen-bond donors (Lipinski definition) is 1. The van der Waals surface area contributed by atoms with Gasteiger partial charge in [-0.2, -0.15) is 0 Å². The highest BCUT2D eigenvalue weighted by Gasteiger charge is 2.28. The van der Waals surface area contributed by atoms with Gasteiger partial charge in [0.25, 0.3) is 10.0 Å². The molecule has 1 N–H and O–H groups in total. The Hall–Kier alpha value is -3.96. The van der Waals surface area contributed by atoms with Crippen molar-refractivity contribution in [2.24, 2.45) is 0 Å². The highest BCUT2D eigenvalue weighted by molar-refractivity contribution is 7.92. The van der Waals surface area contributed by atoms with Gasteiger partial charge in [-0.05, 0) is 81.9 Å². The monoisotopic (exact) mass is 578 g/mol. The van der Waals surface area contributed by atoms with Crippen molar-refractivity contribution >= 4 is 38.4 Å². The molecular formula is C30H38N6O4S. The Kier molecular flexibility index (Phi) is 9.61. The maximum absolute atomic E-state index is 13.9. The molecule has 0 saturated carbocycles. The molecule has 0 aliphatic heterocycles. The first-order valence-corrected chi connectivity index (χ1v) is 15.1. The molecule has 0 aliphatic carbocycles. The zero-order valence-corrected chi connectivity index (χ0v) is 25.1. The van der Waals surface area contributed by atoms with Crippen LogP contribution in [0.5, 0.6) is 0 Å². The maximum Gasteiger partial charge on any atom is 0.326 e. The summed E-state index contributed by atoms with van der Waals surface area (Å²) in [6.45, 7) is 7.14. The number of sulfonamides is 1. The second-order valence-corrected chi connectivity index (χ2v) is 12.2. The molecule has 0 fully saturated rings. The van der Waals surface area contributed by atoms with Gasteiger partial charge in [-0.1, -0.05) is 19.4 Å². The Labute approximate surface area is 242 Å². The minimum absolute atomic E-state index is 0.128. The predicted octanol–water partition coefficient (Wildman–Crippen LogP) is 4.55. The predicted molar refractivity (Wildman–Crippen MR) is 162 cm³/mol. The lowest BCUT2D eigenvalue weighted by molar-refractivity contribution is -0.141. The van der Waals surface area contributed by atoms with E-state index >= 15 is 0 Å². The number of nitrogens with zero attached hydrogens (tertiary/aromatic N) is 5. The fourth-order valence-corrected chi connectivity index (χ4v) is 6.04. The van der Waals surface area contributed by atoms with Crippen molar-refractivity contribution < 1.29 is 17.9 Å². The number of carbonyl (C=O) groups is 1. The number of unbranched alkanes of at least 4 members (excludes halogenated alkanes) is 1. The quantitative estimate of drug-likeness (QED) is 0.182. The lowest BCUT2D eigenvalue weighted by atomic mass is 10.2. The Bertz CT molecular complexity index is 1580. The average Bonchev–Trinajstić information content (AvgIpc) is 3.35. The number of aryl methyl sites for hydroxylation is 2. The minimum Gasteiger partial charge on any atom is -0.464 e. The zero-order valence-electron chi connectivity index (χ0n) is 24.3. The van der Waals surface area contributed by atoms with Crippen LogP contribution in [0.4, 0.5) is 11.5 Å². The van der Waals surface area contributed by atoms with Crippen molar-refractivity contribution in [3.05, 3.63) is 72.2 Å². The second-order valence-electron chi connectivity index (χ2n) is 10.3. The number of fused-ring (bicyclic) bond motifs is 1. The molecule has 2 aromatic carbocycles. The third-order valence-corrected chi connectivity index (χ3v) is 8.28. The number of aromatic nitrogens is 3. The SMILES string of the molecule is CCCCOC(=O)CN(c1ccc2c(ccn2-c2cnc(NCCN(C)C)cn2)c1)S(=O)(=O)c1cc(C)cc(C)c1. The van der Waals surface area contributed by atoms with Crippen LogP contribution in [0.25, 0.3) is 16.7 Å². The van der Waals surface area contributed by atoms with E-state index in [1.165, 1.54) is 0 Å². The first-order chi connectivity index (χ1) is 19.6. The molecule has 0 bridgehead atoms. The lowest BCUT2D eigenvalue weighted by Crippen LogP contribution is -2.36. The third kappa shape index (κ3) is 7.42. The van der Waals surface area contributed by atoms with Crippen LogP contribution in [0.2, 0.25) is 0 Å². The molecule has 10 nitrogen and oxygen atoms in total. The Morgan fingerprint density at radius 1 is 1.02 bits per heavy atom. The van der Waals surface area contributed by atoms with Crippen LogP contribution >= 0.6 is 0 Å². The van der Waals surface area contributed by atoms with Crippen molar-refractivity contribution in [3.8, 4) is 5.82 Å². The van der Waals surface area contributed by atoms with Gasteiger partial charge in [0.15, 0.2) is 5.82 Å². The number of carbonyl (C=O) groups excluding carboxylic acids is 1. The summed E-state index contributed by atoms with van der Waals surface area (Å²) in [4.78, 5) is 24.0. The van der Waals surface area contributed by atoms with E-state index in [1.807, 2.05) is 63.8 Å². The molecule has 0 aliphatic rings. The zero-order chi connectivity index (χ0) is 29.6. The molecule has 4 rings (SSSR count). The summed E-state index contributed by atoms with van der Waals surface area (Å²) in [5.74, 6) is 0.719. The summed E-state index contributed by atoms with van der Waals surface area (Å²) < 4.78 is 36.1. The van der Waals surface area contributed by atoms with E-state index in [0.29, 0.717) is 23.7 Å². The van der Waals surface area contributed by atoms with E-state index in [4.69, 9.17) is 4.74 Å². The molecule has 0 atom stereocenters. The number of rotatable bonds is 13. The molecule has 2 aromatic heterocycles. The molecule has 0 radical (unpaired) electrons. The number of nitrogens with one attached hydrogen (secondary N) is 1. The Balaban J connectivity index is 1.65. The van der Waals surface area contributed by atoms with Crippen molar-refractivity contribution in [1.29, 1.82) is 0 Å². The van der Waals surface area contributed by atoms with Crippen LogP contribution < -0.4 is 9.62 Å². The fourth-order valence-electron chi connectivity index (χ4n) is 4.45. The van der Waals surface area contributed by atoms with E-state index in [-0.39, 0.29) is 11.5 Å². The van der Waals surface area contributed by atoms with E-state index in [9.17, 15) is 13.2 Å². The summed E-state index contributed by atoms with van der Waals surface area (Å²) in [6.07, 6.45) is 6.82. The van der Waals surface area contributed by atoms with Crippen molar-refractivity contribution in [2.75, 3.05) is 50.0 Å². The molecule has 41 heavy (non-hydrogen) atoms. The summed E-state index contributed by atoms with van der Waals surface area (Å²) in [5.41, 5.74) is 2.84. The van der Waals surface area contributed by atoms with Crippen LogP contribution in [-0.2, 0) is 19.6 Å². The van der Waals surface area contributed by atoms with Crippen LogP contribution in [0.15, 0.2) is 66.0 Å². The standard InChI is InChI=1S/C30H38N6O4S/c1-6-7-14-40-30(37)21-36(41(38,39)26-16-22(2)15-23(3)17-26)25-8-9-27-24(18-25)10-12-35(27)29-20-32-28(19-33-29)31-11-13-34(4)5/h8-10,12,15-20H,6-7,11,13-14,21H2,1-5H3,(H,31,32). The molecule has 2 heterocycles. The van der Waals surface area contributed by atoms with E-state index in [2.05, 4.69) is 20.2 Å². The number of ether oxygens (including phenoxy) is 1. The van der Waals surface area contributed by atoms with Crippen LogP contribution in [-0.4, -0.2) is 74.2 Å². The fraction of sp³-hybridized carbons (Fsp3) is 0.367. The summed E-state index contributed by atoms with van der Waals surface area (Å²) >= 11 is 0. The molecule has 11 heteroatoms. The van der Waals surface area contributed by atoms with Gasteiger partial charge in [0.2, 0.25) is 0 Å². The van der Waals surface area contributed by atoms with E-state index in [1.54, 1.807) is 36.7 Å². The van der Waals surface area contributed by atoms with Crippen molar-refractivity contribution in [1.82, 2.24) is 19.4 Å². The molecule has 218 valence electrons. The highest BCUT2D eigenvalue weighted by Crippen LogP contribution is 2.30. The molecule has 0 amide bonds. The third-order valence-electron chi connectivity index (χ3n) is 6.53. The van der Waals surface area contributed by atoms with Crippen molar-refractivity contribution in [2.45, 2.75) is 38.5 Å². The maximum atomic E-state index is 13.9. The Morgan fingerprint density at radius 3 is 2.44 bits per heavy atom. The van der Waals surface area contributed by atoms with Gasteiger partial charge in [0.05, 0.1) is 35.1 Å². The minimum atomic E-state index is -4.06. The normalized spacial score (nSPS) is 11.7. The molecule has 0 spiro atoms. The van der Waals surface area contributed by atoms with Gasteiger partial charge in [0.1, 0.15) is 12.4 Å². The van der Waals surface area contributed by atoms with Gasteiger partial charge in [0, 0.05) is 24.7 Å². The number of anilines is 2. The smallest absolute Gasteiger partial charge is 0.326 e. The van der Waals surface area contributed by atoms with E-state index < -0.39 is 22.5 Å². The largest absolute Gasteiger partial charge is 0.464 e. The first-order valence-electron chi connectivity index (χ1n) is 13.7. The second kappa shape index (κ2) is 13.1. The van der Waals surface area contributed by atoms with Gasteiger partial charge in [-0.3, -0.25) is 13.7 Å². The molecular weight excluding hydrogens is 540 g/mol. The van der Waals surface area contributed by atoms with Crippen LogP contribution in [0.3, 0.4) is 0 Å². The van der Waals surface area contributed by atoms with Gasteiger partial charge in [-0.15, -0.1) is 0 Å². The van der Waals surface area contributed by atoms with Gasteiger partial charge in [-0.25, -0.2) is 18.4 Å². The lowest BCUT2D eigenvalue weighted by Gasteiger charge is -2.24.